The zero-order valence-electron chi connectivity index (χ0n) is 47.3. The van der Waals surface area contributed by atoms with E-state index in [2.05, 4.69) is 80.9 Å². The highest BCUT2D eigenvalue weighted by Gasteiger charge is 2.49. The predicted octanol–water partition coefficient (Wildman–Crippen LogP) is 10.1. The van der Waals surface area contributed by atoms with Gasteiger partial charge in [-0.3, -0.25) is 38.2 Å². The average molecular weight is 1100 g/mol. The largest absolute Gasteiger partial charge is 0.497 e. The SMILES string of the molecule is COc1ccc([C@]2(CCN(Cc3ccc(C4=CC[C@H](CN5CCN6C(=O)c7ccc8c(c7OC[C@@H]6C5)n(C)c(=O)n8C5CCC(=O)N(COCC[Si](C)(C)C)C5=O)CC4)cc3)CC(C)(C)C(F)(F)F)CCOC(C)(C)C2)cc1. The number of aryl methyl sites for hydroxylation is 1. The number of halogens is 3. The number of nitrogens with zero attached hydrogens (tertiary/aromatic N) is 6. The predicted molar refractivity (Wildman–Crippen MR) is 298 cm³/mol. The number of amides is 3. The van der Waals surface area contributed by atoms with Crippen molar-refractivity contribution < 1.29 is 46.5 Å². The van der Waals surface area contributed by atoms with Crippen LogP contribution in [0.1, 0.15) is 112 Å². The highest BCUT2D eigenvalue weighted by atomic mass is 28.3. The molecule has 9 rings (SSSR count). The van der Waals surface area contributed by atoms with Gasteiger partial charge in [0.25, 0.3) is 11.8 Å². The molecule has 1 aromatic heterocycles. The standard InChI is InChI=1S/C60H81F3N6O8Si/c1-57(2,60(61,62)63)39-66(28-26-59(27-31-77-58(3,4)38-59)45-18-20-47(74-6)21-19-45)35-42-12-16-44(17-13-42)43-14-10-41(11-15-43)34-65-29-30-67-46(36-65)37-76-53-48(54(67)71)22-23-49-52(53)64(5)56(73)69(49)50-24-25-51(70)68(55(50)72)40-75-32-33-78(7,8)9/h12-14,16-23,41,46,50H,10-11,15,24-40H2,1-9H3/t41-,46-,50?,59+/m0/s1. The normalized spacial score (nSPS) is 23.5. The Morgan fingerprint density at radius 3 is 2.33 bits per heavy atom. The number of ether oxygens (including phenoxy) is 4. The van der Waals surface area contributed by atoms with Crippen molar-refractivity contribution in [3.63, 3.8) is 0 Å². The number of fused-ring (bicyclic) bond motifs is 4. The summed E-state index contributed by atoms with van der Waals surface area (Å²) in [6.45, 7) is 18.1. The smallest absolute Gasteiger partial charge is 0.395 e. The van der Waals surface area contributed by atoms with Crippen molar-refractivity contribution in [3.8, 4) is 11.5 Å². The molecule has 424 valence electrons. The number of piperazine rings is 1. The summed E-state index contributed by atoms with van der Waals surface area (Å²) in [4.78, 5) is 62.6. The van der Waals surface area contributed by atoms with Gasteiger partial charge in [-0.1, -0.05) is 62.1 Å². The van der Waals surface area contributed by atoms with E-state index in [1.807, 2.05) is 21.9 Å². The molecule has 4 aromatic rings. The average Bonchev–Trinajstić information content (AvgIpc) is 3.65. The van der Waals surface area contributed by atoms with Crippen LogP contribution in [0.25, 0.3) is 16.6 Å². The van der Waals surface area contributed by atoms with Gasteiger partial charge in [0.15, 0.2) is 5.75 Å². The Morgan fingerprint density at radius 1 is 0.923 bits per heavy atom. The molecule has 3 aromatic carbocycles. The summed E-state index contributed by atoms with van der Waals surface area (Å²) in [6.07, 6.45) is 3.30. The molecule has 0 N–H and O–H groups in total. The highest BCUT2D eigenvalue weighted by Crippen LogP contribution is 2.46. The number of benzene rings is 3. The molecule has 18 heteroatoms. The maximum Gasteiger partial charge on any atom is 0.395 e. The number of carbonyl (C=O) groups is 3. The van der Waals surface area contributed by atoms with Gasteiger partial charge in [0.05, 0.1) is 35.2 Å². The summed E-state index contributed by atoms with van der Waals surface area (Å²) < 4.78 is 70.3. The van der Waals surface area contributed by atoms with E-state index in [9.17, 15) is 32.3 Å². The second-order valence-electron chi connectivity index (χ2n) is 25.3. The Hall–Kier alpha value is -5.27. The van der Waals surface area contributed by atoms with Crippen LogP contribution in [-0.2, 0) is 38.1 Å². The molecular weight excluding hydrogens is 1020 g/mol. The number of imide groups is 1. The van der Waals surface area contributed by atoms with Crippen molar-refractivity contribution in [2.24, 2.45) is 18.4 Å². The molecule has 5 aliphatic rings. The molecule has 1 aliphatic carbocycles. The second kappa shape index (κ2) is 22.7. The first-order chi connectivity index (χ1) is 36.9. The second-order valence-corrected chi connectivity index (χ2v) is 30.9. The number of alkyl halides is 3. The van der Waals surface area contributed by atoms with E-state index in [1.165, 1.54) is 28.6 Å². The Bertz CT molecular complexity index is 2930. The minimum atomic E-state index is -4.36. The van der Waals surface area contributed by atoms with Crippen molar-refractivity contribution in [2.75, 3.05) is 72.9 Å². The first-order valence-corrected chi connectivity index (χ1v) is 31.7. The van der Waals surface area contributed by atoms with Crippen LogP contribution in [0, 0.1) is 11.3 Å². The minimum Gasteiger partial charge on any atom is -0.497 e. The third kappa shape index (κ3) is 12.4. The first-order valence-electron chi connectivity index (χ1n) is 28.0. The van der Waals surface area contributed by atoms with E-state index in [-0.39, 0.29) is 61.6 Å². The lowest BCUT2D eigenvalue weighted by atomic mass is 9.67. The van der Waals surface area contributed by atoms with E-state index < -0.39 is 37.3 Å². The van der Waals surface area contributed by atoms with Gasteiger partial charge in [-0.05, 0) is 138 Å². The van der Waals surface area contributed by atoms with Crippen LogP contribution in [0.15, 0.2) is 71.5 Å². The number of methoxy groups -OCH3 is 1. The van der Waals surface area contributed by atoms with E-state index >= 15 is 0 Å². The summed E-state index contributed by atoms with van der Waals surface area (Å²) >= 11 is 0. The Kier molecular flexibility index (Phi) is 16.7. The Balaban J connectivity index is 0.824. The lowest BCUT2D eigenvalue weighted by Gasteiger charge is -2.46. The first kappa shape index (κ1) is 57.4. The lowest BCUT2D eigenvalue weighted by molar-refractivity contribution is -0.217. The number of aromatic nitrogens is 2. The summed E-state index contributed by atoms with van der Waals surface area (Å²) in [5.74, 6) is 0.568. The molecule has 4 aliphatic heterocycles. The third-order valence-electron chi connectivity index (χ3n) is 17.3. The van der Waals surface area contributed by atoms with E-state index in [0.717, 1.165) is 78.6 Å². The molecule has 0 saturated carbocycles. The molecule has 4 atom stereocenters. The monoisotopic (exact) mass is 1100 g/mol. The van der Waals surface area contributed by atoms with Gasteiger partial charge in [-0.15, -0.1) is 0 Å². The molecule has 1 unspecified atom stereocenters. The summed E-state index contributed by atoms with van der Waals surface area (Å²) in [6, 6.07) is 19.7. The molecule has 0 spiro atoms. The maximum atomic E-state index is 14.5. The number of likely N-dealkylation sites (tertiary alicyclic amines) is 1. The van der Waals surface area contributed by atoms with Gasteiger partial charge < -0.3 is 23.8 Å². The molecule has 0 bridgehead atoms. The van der Waals surface area contributed by atoms with Crippen LogP contribution in [0.4, 0.5) is 13.2 Å². The van der Waals surface area contributed by atoms with Crippen molar-refractivity contribution >= 4 is 42.4 Å². The van der Waals surface area contributed by atoms with Crippen LogP contribution in [0.3, 0.4) is 0 Å². The van der Waals surface area contributed by atoms with Gasteiger partial charge in [0.2, 0.25) is 5.91 Å². The highest BCUT2D eigenvalue weighted by molar-refractivity contribution is 6.76. The number of piperidine rings is 1. The fourth-order valence-electron chi connectivity index (χ4n) is 12.6. The van der Waals surface area contributed by atoms with E-state index in [1.54, 1.807) is 26.3 Å². The van der Waals surface area contributed by atoms with Gasteiger partial charge in [0.1, 0.15) is 30.6 Å². The molecule has 5 heterocycles. The third-order valence-corrected chi connectivity index (χ3v) is 19.0. The van der Waals surface area contributed by atoms with Crippen molar-refractivity contribution in [2.45, 2.75) is 141 Å². The molecule has 3 amide bonds. The summed E-state index contributed by atoms with van der Waals surface area (Å²) in [7, 11) is 1.88. The number of rotatable bonds is 18. The van der Waals surface area contributed by atoms with Gasteiger partial charge in [-0.25, -0.2) is 4.79 Å². The number of imidazole rings is 1. The van der Waals surface area contributed by atoms with Crippen molar-refractivity contribution in [3.05, 3.63) is 99.5 Å². The van der Waals surface area contributed by atoms with Crippen LogP contribution in [0.2, 0.25) is 25.7 Å². The van der Waals surface area contributed by atoms with E-state index in [0.29, 0.717) is 74.1 Å². The molecular formula is C60H81F3N6O8Si. The van der Waals surface area contributed by atoms with Gasteiger partial charge >= 0.3 is 11.9 Å². The quantitative estimate of drug-likeness (QED) is 0.0540. The Morgan fingerprint density at radius 2 is 1.67 bits per heavy atom. The fourth-order valence-corrected chi connectivity index (χ4v) is 13.4. The number of hydrogen-bond acceptors (Lipinski definition) is 10. The lowest BCUT2D eigenvalue weighted by Crippen LogP contribution is -2.57. The van der Waals surface area contributed by atoms with Crippen molar-refractivity contribution in [1.82, 2.24) is 28.7 Å². The Labute approximate surface area is 458 Å². The zero-order valence-corrected chi connectivity index (χ0v) is 48.3. The van der Waals surface area contributed by atoms with Crippen LogP contribution in [0.5, 0.6) is 11.5 Å². The minimum absolute atomic E-state index is 0.0980. The summed E-state index contributed by atoms with van der Waals surface area (Å²) in [5, 5.41) is 0. The molecule has 3 saturated heterocycles. The van der Waals surface area contributed by atoms with Gasteiger partial charge in [-0.2, -0.15) is 13.2 Å². The maximum absolute atomic E-state index is 14.5. The van der Waals surface area contributed by atoms with E-state index in [4.69, 9.17) is 18.9 Å². The molecule has 3 fully saturated rings. The van der Waals surface area contributed by atoms with Gasteiger partial charge in [0, 0.05) is 79.4 Å². The number of carbonyl (C=O) groups excluding carboxylic acids is 3. The molecule has 0 radical (unpaired) electrons. The van der Waals surface area contributed by atoms with Crippen LogP contribution >= 0.6 is 0 Å². The van der Waals surface area contributed by atoms with Crippen LogP contribution < -0.4 is 15.2 Å². The summed E-state index contributed by atoms with van der Waals surface area (Å²) in [5.41, 5.74) is 2.87. The number of hydrogen-bond donors (Lipinski definition) is 0. The zero-order chi connectivity index (χ0) is 56.0. The van der Waals surface area contributed by atoms with Crippen LogP contribution in [-0.4, -0.2) is 145 Å². The fraction of sp³-hybridized carbons (Fsp3) is 0.600. The molecule has 14 nitrogen and oxygen atoms in total. The number of allylic oxidation sites excluding steroid dienone is 2. The van der Waals surface area contributed by atoms with Crippen molar-refractivity contribution in [1.29, 1.82) is 0 Å². The molecule has 78 heavy (non-hydrogen) atoms. The topological polar surface area (TPSA) is 128 Å².